The fourth-order valence-corrected chi connectivity index (χ4v) is 2.08. The summed E-state index contributed by atoms with van der Waals surface area (Å²) in [6, 6.07) is 9.68. The van der Waals surface area contributed by atoms with Crippen molar-refractivity contribution in [2.24, 2.45) is 5.10 Å². The normalized spacial score (nSPS) is 18.7. The summed E-state index contributed by atoms with van der Waals surface area (Å²) in [7, 11) is 1.52. The van der Waals surface area contributed by atoms with E-state index < -0.39 is 12.3 Å². The van der Waals surface area contributed by atoms with Gasteiger partial charge in [0.1, 0.15) is 0 Å². The SMILES string of the molecule is C=C1CC(c2ccccc2)=NN(C(=O)OCC)C1OC. The predicted molar refractivity (Wildman–Crippen MR) is 76.4 cm³/mol. The van der Waals surface area contributed by atoms with E-state index in [0.29, 0.717) is 6.42 Å². The van der Waals surface area contributed by atoms with Gasteiger partial charge in [-0.3, -0.25) is 0 Å². The molecule has 5 heteroatoms. The second-order valence-corrected chi connectivity index (χ2v) is 4.38. The van der Waals surface area contributed by atoms with Crippen LogP contribution in [0.1, 0.15) is 18.9 Å². The smallest absolute Gasteiger partial charge is 0.433 e. The number of nitrogens with zero attached hydrogens (tertiary/aromatic N) is 2. The van der Waals surface area contributed by atoms with Crippen molar-refractivity contribution in [3.63, 3.8) is 0 Å². The largest absolute Gasteiger partial charge is 0.448 e. The number of carbonyl (C=O) groups is 1. The lowest BCUT2D eigenvalue weighted by atomic mass is 10.0. The van der Waals surface area contributed by atoms with Crippen molar-refractivity contribution in [3.05, 3.63) is 48.0 Å². The van der Waals surface area contributed by atoms with E-state index >= 15 is 0 Å². The number of methoxy groups -OCH3 is 1. The predicted octanol–water partition coefficient (Wildman–Crippen LogP) is 2.78. The molecule has 1 aliphatic rings. The van der Waals surface area contributed by atoms with Crippen LogP contribution in [0.2, 0.25) is 0 Å². The molecule has 1 unspecified atom stereocenters. The molecule has 0 aliphatic carbocycles. The minimum absolute atomic E-state index is 0.286. The van der Waals surface area contributed by atoms with Gasteiger partial charge in [0, 0.05) is 13.5 Å². The average molecular weight is 274 g/mol. The van der Waals surface area contributed by atoms with Gasteiger partial charge in [0.05, 0.1) is 12.3 Å². The van der Waals surface area contributed by atoms with Gasteiger partial charge in [-0.25, -0.2) is 4.79 Å². The second kappa shape index (κ2) is 6.34. The number of amides is 1. The Hall–Kier alpha value is -2.14. The Morgan fingerprint density at radius 1 is 1.45 bits per heavy atom. The maximum atomic E-state index is 12.0. The molecule has 20 heavy (non-hydrogen) atoms. The van der Waals surface area contributed by atoms with Gasteiger partial charge >= 0.3 is 6.09 Å². The summed E-state index contributed by atoms with van der Waals surface area (Å²) in [4.78, 5) is 12.0. The molecule has 0 fully saturated rings. The molecule has 0 saturated carbocycles. The molecule has 1 heterocycles. The highest BCUT2D eigenvalue weighted by molar-refractivity contribution is 6.03. The minimum Gasteiger partial charge on any atom is -0.448 e. The van der Waals surface area contributed by atoms with Gasteiger partial charge in [0.2, 0.25) is 0 Å². The van der Waals surface area contributed by atoms with Crippen molar-refractivity contribution in [2.45, 2.75) is 19.6 Å². The zero-order chi connectivity index (χ0) is 14.5. The molecule has 1 aromatic carbocycles. The average Bonchev–Trinajstić information content (AvgIpc) is 2.47. The molecular formula is C15H18N2O3. The number of hydrogen-bond acceptors (Lipinski definition) is 4. The van der Waals surface area contributed by atoms with Gasteiger partial charge in [-0.15, -0.1) is 0 Å². The molecule has 5 nitrogen and oxygen atoms in total. The summed E-state index contributed by atoms with van der Waals surface area (Å²) in [5.41, 5.74) is 2.50. The molecule has 0 radical (unpaired) electrons. The molecule has 0 aromatic heterocycles. The lowest BCUT2D eigenvalue weighted by molar-refractivity contribution is -0.00952. The Morgan fingerprint density at radius 2 is 2.15 bits per heavy atom. The lowest BCUT2D eigenvalue weighted by Gasteiger charge is -2.31. The first-order chi connectivity index (χ1) is 9.67. The summed E-state index contributed by atoms with van der Waals surface area (Å²) >= 11 is 0. The van der Waals surface area contributed by atoms with Crippen molar-refractivity contribution in [1.82, 2.24) is 5.01 Å². The van der Waals surface area contributed by atoms with Gasteiger partial charge in [0.15, 0.2) is 6.23 Å². The fraction of sp³-hybridized carbons (Fsp3) is 0.333. The third kappa shape index (κ3) is 2.88. The number of benzene rings is 1. The molecule has 0 N–H and O–H groups in total. The van der Waals surface area contributed by atoms with Crippen LogP contribution in [0.4, 0.5) is 4.79 Å². The zero-order valence-corrected chi connectivity index (χ0v) is 11.7. The van der Waals surface area contributed by atoms with Crippen LogP contribution >= 0.6 is 0 Å². The Labute approximate surface area is 118 Å². The van der Waals surface area contributed by atoms with E-state index in [-0.39, 0.29) is 6.61 Å². The molecule has 1 aromatic rings. The van der Waals surface area contributed by atoms with E-state index in [1.54, 1.807) is 6.92 Å². The summed E-state index contributed by atoms with van der Waals surface area (Å²) in [5, 5.41) is 5.57. The molecule has 1 atom stereocenters. The van der Waals surface area contributed by atoms with Crippen LogP contribution in [0.25, 0.3) is 0 Å². The maximum Gasteiger partial charge on any atom is 0.433 e. The number of hydrazone groups is 1. The molecule has 106 valence electrons. The van der Waals surface area contributed by atoms with Gasteiger partial charge in [-0.2, -0.15) is 10.1 Å². The van der Waals surface area contributed by atoms with Crippen LogP contribution in [0.15, 0.2) is 47.6 Å². The third-order valence-electron chi connectivity index (χ3n) is 2.98. The highest BCUT2D eigenvalue weighted by atomic mass is 16.6. The highest BCUT2D eigenvalue weighted by Crippen LogP contribution is 2.24. The van der Waals surface area contributed by atoms with E-state index in [4.69, 9.17) is 9.47 Å². The monoisotopic (exact) mass is 274 g/mol. The summed E-state index contributed by atoms with van der Waals surface area (Å²) in [6.07, 6.45) is -0.548. The van der Waals surface area contributed by atoms with Crippen molar-refractivity contribution < 1.29 is 14.3 Å². The highest BCUT2D eigenvalue weighted by Gasteiger charge is 2.32. The van der Waals surface area contributed by atoms with Crippen LogP contribution in [0.3, 0.4) is 0 Å². The van der Waals surface area contributed by atoms with Crippen molar-refractivity contribution in [3.8, 4) is 0 Å². The molecule has 0 saturated heterocycles. The third-order valence-corrected chi connectivity index (χ3v) is 2.98. The Balaban J connectivity index is 2.34. The maximum absolute atomic E-state index is 12.0. The standard InChI is InChI=1S/C15H18N2O3/c1-4-20-15(18)17-14(19-3)11(2)10-13(16-17)12-8-6-5-7-9-12/h5-9,14H,2,4,10H2,1,3H3. The molecule has 1 amide bonds. The van der Waals surface area contributed by atoms with Crippen LogP contribution in [0.5, 0.6) is 0 Å². The molecule has 2 rings (SSSR count). The van der Waals surface area contributed by atoms with Gasteiger partial charge in [0.25, 0.3) is 0 Å². The van der Waals surface area contributed by atoms with Crippen LogP contribution < -0.4 is 0 Å². The minimum atomic E-state index is -0.582. The summed E-state index contributed by atoms with van der Waals surface area (Å²) in [5.74, 6) is 0. The molecular weight excluding hydrogens is 256 g/mol. The van der Waals surface area contributed by atoms with E-state index in [2.05, 4.69) is 11.7 Å². The van der Waals surface area contributed by atoms with E-state index in [0.717, 1.165) is 16.8 Å². The van der Waals surface area contributed by atoms with Crippen LogP contribution in [0, 0.1) is 0 Å². The number of rotatable bonds is 3. The van der Waals surface area contributed by atoms with Gasteiger partial charge < -0.3 is 9.47 Å². The first-order valence-corrected chi connectivity index (χ1v) is 6.46. The zero-order valence-electron chi connectivity index (χ0n) is 11.7. The quantitative estimate of drug-likeness (QED) is 0.796. The van der Waals surface area contributed by atoms with Crippen LogP contribution in [-0.4, -0.2) is 36.8 Å². The first kappa shape index (κ1) is 14.3. The van der Waals surface area contributed by atoms with Gasteiger partial charge in [-0.05, 0) is 18.1 Å². The number of hydrogen-bond donors (Lipinski definition) is 0. The number of ether oxygens (including phenoxy) is 2. The Morgan fingerprint density at radius 3 is 2.75 bits per heavy atom. The lowest BCUT2D eigenvalue weighted by Crippen LogP contribution is -2.43. The van der Waals surface area contributed by atoms with Crippen molar-refractivity contribution >= 4 is 11.8 Å². The van der Waals surface area contributed by atoms with E-state index in [9.17, 15) is 4.79 Å². The van der Waals surface area contributed by atoms with E-state index in [1.165, 1.54) is 12.1 Å². The fourth-order valence-electron chi connectivity index (χ4n) is 2.08. The first-order valence-electron chi connectivity index (χ1n) is 6.46. The van der Waals surface area contributed by atoms with E-state index in [1.807, 2.05) is 30.3 Å². The van der Waals surface area contributed by atoms with Gasteiger partial charge in [-0.1, -0.05) is 36.9 Å². The van der Waals surface area contributed by atoms with Crippen LogP contribution in [-0.2, 0) is 9.47 Å². The molecule has 0 bridgehead atoms. The Kier molecular flexibility index (Phi) is 4.53. The topological polar surface area (TPSA) is 51.1 Å². The second-order valence-electron chi connectivity index (χ2n) is 4.38. The van der Waals surface area contributed by atoms with Crippen molar-refractivity contribution in [2.75, 3.05) is 13.7 Å². The number of carbonyl (C=O) groups excluding carboxylic acids is 1. The summed E-state index contributed by atoms with van der Waals surface area (Å²) in [6.45, 7) is 6.02. The van der Waals surface area contributed by atoms with Crippen molar-refractivity contribution in [1.29, 1.82) is 0 Å². The Bertz CT molecular complexity index is 525. The summed E-state index contributed by atoms with van der Waals surface area (Å²) < 4.78 is 10.3. The molecule has 1 aliphatic heterocycles. The molecule has 0 spiro atoms.